The Bertz CT molecular complexity index is 2000. The Hall–Kier alpha value is -4.66. The summed E-state index contributed by atoms with van der Waals surface area (Å²) in [5.74, 6) is 0.466. The Morgan fingerprint density at radius 1 is 0.745 bits per heavy atom. The van der Waals surface area contributed by atoms with E-state index >= 15 is 0 Å². The molecule has 264 valence electrons. The first-order valence-corrected chi connectivity index (χ1v) is 19.7. The molecule has 1 amide bonds. The zero-order chi connectivity index (χ0) is 35.2. The normalized spacial score (nSPS) is 19.9. The van der Waals surface area contributed by atoms with Crippen molar-refractivity contribution in [1.29, 1.82) is 0 Å². The van der Waals surface area contributed by atoms with Crippen LogP contribution in [0.2, 0.25) is 0 Å². The van der Waals surface area contributed by atoms with Gasteiger partial charge in [0.15, 0.2) is 0 Å². The number of carbonyl (C=O) groups excluding carboxylic acids is 1. The van der Waals surface area contributed by atoms with E-state index in [4.69, 9.17) is 4.74 Å². The molecule has 0 N–H and O–H groups in total. The quantitative estimate of drug-likeness (QED) is 0.138. The van der Waals surface area contributed by atoms with Crippen LogP contribution in [0.15, 0.2) is 138 Å². The van der Waals surface area contributed by atoms with E-state index in [9.17, 15) is 13.2 Å². The predicted octanol–water partition coefficient (Wildman–Crippen LogP) is 8.72. The topological polar surface area (TPSA) is 70.2 Å². The van der Waals surface area contributed by atoms with Crippen molar-refractivity contribution < 1.29 is 17.9 Å². The van der Waals surface area contributed by atoms with Gasteiger partial charge in [-0.15, -0.1) is 0 Å². The van der Waals surface area contributed by atoms with Crippen LogP contribution in [0, 0.1) is 5.92 Å². The van der Waals surface area contributed by atoms with Gasteiger partial charge in [0.2, 0.25) is 0 Å². The van der Waals surface area contributed by atoms with Crippen molar-refractivity contribution in [1.82, 2.24) is 9.80 Å². The highest BCUT2D eigenvalue weighted by atomic mass is 32.2. The van der Waals surface area contributed by atoms with Crippen molar-refractivity contribution in [2.75, 3.05) is 30.5 Å². The van der Waals surface area contributed by atoms with Crippen LogP contribution in [-0.2, 0) is 21.4 Å². The second kappa shape index (κ2) is 15.7. The van der Waals surface area contributed by atoms with E-state index < -0.39 is 10.0 Å². The standard InChI is InChI=1S/C43H47N3O4S/c1-2-45(43(47)50-32-33-15-6-3-7-16-33)37-25-27-44(28-26-37)31-36-29-38(30-41(36)35-17-8-4-9-18-35)46(51(48,49)39-21-10-5-11-22-39)42-24-14-20-34-19-12-13-23-40(34)42/h3-24,36-38,41H,2,25-32H2,1H3. The van der Waals surface area contributed by atoms with Gasteiger partial charge in [0, 0.05) is 43.6 Å². The lowest BCUT2D eigenvalue weighted by molar-refractivity contribution is 0.0602. The number of benzene rings is 5. The molecule has 0 aromatic heterocycles. The molecule has 1 aliphatic carbocycles. The van der Waals surface area contributed by atoms with Gasteiger partial charge in [-0.2, -0.15) is 0 Å². The number of likely N-dealkylation sites (tertiary alicyclic amines) is 1. The molecule has 8 heteroatoms. The Morgan fingerprint density at radius 3 is 2.08 bits per heavy atom. The number of anilines is 1. The van der Waals surface area contributed by atoms with Crippen molar-refractivity contribution in [3.8, 4) is 0 Å². The van der Waals surface area contributed by atoms with Gasteiger partial charge in [0.25, 0.3) is 10.0 Å². The molecule has 0 spiro atoms. The maximum atomic E-state index is 14.7. The number of nitrogens with zero attached hydrogens (tertiary/aromatic N) is 3. The van der Waals surface area contributed by atoms with Crippen LogP contribution < -0.4 is 4.31 Å². The third-order valence-electron chi connectivity index (χ3n) is 10.8. The van der Waals surface area contributed by atoms with E-state index in [2.05, 4.69) is 29.2 Å². The summed E-state index contributed by atoms with van der Waals surface area (Å²) >= 11 is 0. The molecule has 5 aromatic carbocycles. The lowest BCUT2D eigenvalue weighted by atomic mass is 9.88. The van der Waals surface area contributed by atoms with Crippen LogP contribution in [0.4, 0.5) is 10.5 Å². The molecule has 7 rings (SSSR count). The summed E-state index contributed by atoms with van der Waals surface area (Å²) in [5.41, 5.74) is 2.97. The fourth-order valence-corrected chi connectivity index (χ4v) is 10.0. The van der Waals surface area contributed by atoms with E-state index in [1.807, 2.05) is 96.8 Å². The molecule has 3 unspecified atom stereocenters. The van der Waals surface area contributed by atoms with Gasteiger partial charge < -0.3 is 14.5 Å². The van der Waals surface area contributed by atoms with Crippen molar-refractivity contribution >= 4 is 32.6 Å². The summed E-state index contributed by atoms with van der Waals surface area (Å²) in [7, 11) is -3.87. The fourth-order valence-electron chi connectivity index (χ4n) is 8.31. The smallest absolute Gasteiger partial charge is 0.410 e. The van der Waals surface area contributed by atoms with Gasteiger partial charge in [0.1, 0.15) is 6.61 Å². The lowest BCUT2D eigenvalue weighted by Gasteiger charge is -2.39. The minimum Gasteiger partial charge on any atom is -0.445 e. The average molecular weight is 702 g/mol. The third kappa shape index (κ3) is 7.67. The summed E-state index contributed by atoms with van der Waals surface area (Å²) < 4.78 is 36.8. The SMILES string of the molecule is CCN(C(=O)OCc1ccccc1)C1CCN(CC2CC(N(c3cccc4ccccc34)S(=O)(=O)c3ccccc3)CC2c2ccccc2)CC1. The molecule has 1 aliphatic heterocycles. The summed E-state index contributed by atoms with van der Waals surface area (Å²) in [6.45, 7) is 5.54. The summed E-state index contributed by atoms with van der Waals surface area (Å²) in [6.07, 6.45) is 2.99. The van der Waals surface area contributed by atoms with Crippen LogP contribution in [0.25, 0.3) is 10.8 Å². The number of amides is 1. The predicted molar refractivity (Wildman–Crippen MR) is 204 cm³/mol. The first kappa shape index (κ1) is 34.8. The first-order chi connectivity index (χ1) is 24.9. The molecule has 51 heavy (non-hydrogen) atoms. The average Bonchev–Trinajstić information content (AvgIpc) is 3.58. The fraction of sp³-hybridized carbons (Fsp3) is 0.326. The molecule has 2 fully saturated rings. The van der Waals surface area contributed by atoms with E-state index in [-0.39, 0.29) is 36.6 Å². The maximum absolute atomic E-state index is 14.7. The number of piperidine rings is 1. The third-order valence-corrected chi connectivity index (χ3v) is 12.7. The largest absolute Gasteiger partial charge is 0.445 e. The highest BCUT2D eigenvalue weighted by molar-refractivity contribution is 7.92. The van der Waals surface area contributed by atoms with E-state index in [0.717, 1.165) is 67.3 Å². The summed E-state index contributed by atoms with van der Waals surface area (Å²) in [5, 5.41) is 1.95. The van der Waals surface area contributed by atoms with Gasteiger partial charge >= 0.3 is 6.09 Å². The van der Waals surface area contributed by atoms with E-state index in [1.54, 1.807) is 28.6 Å². The highest BCUT2D eigenvalue weighted by Crippen LogP contribution is 2.46. The number of fused-ring (bicyclic) bond motifs is 1. The number of sulfonamides is 1. The number of ether oxygens (including phenoxy) is 1. The highest BCUT2D eigenvalue weighted by Gasteiger charge is 2.43. The number of hydrogen-bond acceptors (Lipinski definition) is 5. The van der Waals surface area contributed by atoms with Crippen molar-refractivity contribution in [3.05, 3.63) is 145 Å². The number of hydrogen-bond donors (Lipinski definition) is 0. The van der Waals surface area contributed by atoms with Crippen molar-refractivity contribution in [3.63, 3.8) is 0 Å². The monoisotopic (exact) mass is 701 g/mol. The Kier molecular flexibility index (Phi) is 10.7. The lowest BCUT2D eigenvalue weighted by Crippen LogP contribution is -2.48. The minimum atomic E-state index is -3.87. The molecule has 0 radical (unpaired) electrons. The molecule has 0 bridgehead atoms. The van der Waals surface area contributed by atoms with Gasteiger partial charge in [-0.05, 0) is 79.2 Å². The van der Waals surface area contributed by atoms with E-state index in [1.165, 1.54) is 5.56 Å². The van der Waals surface area contributed by atoms with Crippen LogP contribution in [-0.4, -0.2) is 62.6 Å². The van der Waals surface area contributed by atoms with Gasteiger partial charge in [0.05, 0.1) is 10.6 Å². The molecule has 3 atom stereocenters. The maximum Gasteiger partial charge on any atom is 0.410 e. The Labute approximate surface area is 302 Å². The van der Waals surface area contributed by atoms with Crippen LogP contribution in [0.3, 0.4) is 0 Å². The molecular weight excluding hydrogens is 655 g/mol. The van der Waals surface area contributed by atoms with Crippen LogP contribution >= 0.6 is 0 Å². The Morgan fingerprint density at radius 2 is 1.37 bits per heavy atom. The molecule has 2 aliphatic rings. The molecule has 1 heterocycles. The van der Waals surface area contributed by atoms with Gasteiger partial charge in [-0.25, -0.2) is 13.2 Å². The molecular formula is C43H47N3O4S. The second-order valence-corrected chi connectivity index (χ2v) is 15.7. The summed E-state index contributed by atoms with van der Waals surface area (Å²) in [6, 6.07) is 43.2. The molecule has 1 saturated carbocycles. The van der Waals surface area contributed by atoms with Crippen molar-refractivity contribution in [2.45, 2.75) is 62.1 Å². The molecule has 7 nitrogen and oxygen atoms in total. The second-order valence-electron chi connectivity index (χ2n) is 13.9. The van der Waals surface area contributed by atoms with Crippen molar-refractivity contribution in [2.24, 2.45) is 5.92 Å². The van der Waals surface area contributed by atoms with Gasteiger partial charge in [-0.1, -0.05) is 115 Å². The van der Waals surface area contributed by atoms with Gasteiger partial charge in [-0.3, -0.25) is 4.31 Å². The van der Waals surface area contributed by atoms with Crippen LogP contribution in [0.1, 0.15) is 49.7 Å². The number of carbonyl (C=O) groups is 1. The zero-order valence-corrected chi connectivity index (χ0v) is 30.1. The number of rotatable bonds is 11. The minimum absolute atomic E-state index is 0.133. The molecule has 5 aromatic rings. The zero-order valence-electron chi connectivity index (χ0n) is 29.3. The summed E-state index contributed by atoms with van der Waals surface area (Å²) in [4.78, 5) is 17.8. The Balaban J connectivity index is 1.11. The molecule has 1 saturated heterocycles. The van der Waals surface area contributed by atoms with Crippen LogP contribution in [0.5, 0.6) is 0 Å². The van der Waals surface area contributed by atoms with E-state index in [0.29, 0.717) is 11.4 Å². The first-order valence-electron chi connectivity index (χ1n) is 18.2.